The Morgan fingerprint density at radius 1 is 1.42 bits per heavy atom. The molecule has 0 aliphatic rings. The zero-order chi connectivity index (χ0) is 8.97. The molecule has 0 radical (unpaired) electrons. The van der Waals surface area contributed by atoms with E-state index in [0.29, 0.717) is 11.5 Å². The number of carbonyl (C=O) groups is 1. The number of benzene rings is 1. The second-order valence-corrected chi connectivity index (χ2v) is 2.33. The molecule has 12 heavy (non-hydrogen) atoms. The SMILES string of the molecule is COc1cccc(OC(=O)Cl)c1. The van der Waals surface area contributed by atoms with Crippen molar-refractivity contribution in [3.8, 4) is 11.5 Å². The molecule has 0 saturated heterocycles. The molecule has 0 amide bonds. The summed E-state index contributed by atoms with van der Waals surface area (Å²) in [6.07, 6.45) is 0. The minimum Gasteiger partial charge on any atom is -0.497 e. The van der Waals surface area contributed by atoms with Gasteiger partial charge in [-0.3, -0.25) is 0 Å². The van der Waals surface area contributed by atoms with Crippen LogP contribution in [0.1, 0.15) is 0 Å². The van der Waals surface area contributed by atoms with Crippen molar-refractivity contribution in [1.29, 1.82) is 0 Å². The van der Waals surface area contributed by atoms with Crippen LogP contribution in [0.3, 0.4) is 0 Å². The zero-order valence-electron chi connectivity index (χ0n) is 6.41. The Bertz CT molecular complexity index is 285. The lowest BCUT2D eigenvalue weighted by molar-refractivity contribution is 0.225. The first kappa shape index (κ1) is 8.87. The van der Waals surface area contributed by atoms with Crippen molar-refractivity contribution in [2.75, 3.05) is 7.11 Å². The Balaban J connectivity index is 2.79. The van der Waals surface area contributed by atoms with Gasteiger partial charge < -0.3 is 9.47 Å². The van der Waals surface area contributed by atoms with Gasteiger partial charge >= 0.3 is 5.43 Å². The van der Waals surface area contributed by atoms with Gasteiger partial charge in [-0.15, -0.1) is 0 Å². The topological polar surface area (TPSA) is 35.5 Å². The molecule has 3 nitrogen and oxygen atoms in total. The highest BCUT2D eigenvalue weighted by molar-refractivity contribution is 6.61. The van der Waals surface area contributed by atoms with Crippen molar-refractivity contribution < 1.29 is 14.3 Å². The smallest absolute Gasteiger partial charge is 0.409 e. The summed E-state index contributed by atoms with van der Waals surface area (Å²) in [5.41, 5.74) is -0.858. The molecule has 0 unspecified atom stereocenters. The quantitative estimate of drug-likeness (QED) is 0.666. The number of methoxy groups -OCH3 is 1. The predicted molar refractivity (Wildman–Crippen MR) is 44.9 cm³/mol. The van der Waals surface area contributed by atoms with Crippen molar-refractivity contribution >= 4 is 17.0 Å². The molecule has 0 aliphatic heterocycles. The third kappa shape index (κ3) is 2.43. The van der Waals surface area contributed by atoms with Crippen molar-refractivity contribution in [1.82, 2.24) is 0 Å². The Morgan fingerprint density at radius 3 is 2.67 bits per heavy atom. The minimum atomic E-state index is -0.858. The third-order valence-electron chi connectivity index (χ3n) is 1.24. The van der Waals surface area contributed by atoms with Crippen LogP contribution in [0.5, 0.6) is 11.5 Å². The van der Waals surface area contributed by atoms with Crippen molar-refractivity contribution in [3.05, 3.63) is 24.3 Å². The molecule has 0 atom stereocenters. The number of ether oxygens (including phenoxy) is 2. The molecule has 1 aromatic rings. The molecule has 0 saturated carbocycles. The summed E-state index contributed by atoms with van der Waals surface area (Å²) < 4.78 is 9.51. The van der Waals surface area contributed by atoms with Crippen LogP contribution in [-0.4, -0.2) is 12.5 Å². The largest absolute Gasteiger partial charge is 0.497 e. The third-order valence-corrected chi connectivity index (χ3v) is 1.32. The highest BCUT2D eigenvalue weighted by Gasteiger charge is 2.00. The Labute approximate surface area is 74.9 Å². The number of hydrogen-bond acceptors (Lipinski definition) is 3. The van der Waals surface area contributed by atoms with Crippen LogP contribution in [-0.2, 0) is 0 Å². The molecule has 0 bridgehead atoms. The maximum Gasteiger partial charge on any atom is 0.409 e. The van der Waals surface area contributed by atoms with E-state index >= 15 is 0 Å². The second kappa shape index (κ2) is 3.97. The van der Waals surface area contributed by atoms with Crippen molar-refractivity contribution in [3.63, 3.8) is 0 Å². The van der Waals surface area contributed by atoms with Gasteiger partial charge in [0, 0.05) is 17.7 Å². The van der Waals surface area contributed by atoms with Crippen LogP contribution in [0.25, 0.3) is 0 Å². The maximum atomic E-state index is 10.3. The van der Waals surface area contributed by atoms with Crippen molar-refractivity contribution in [2.45, 2.75) is 0 Å². The first-order chi connectivity index (χ1) is 5.72. The fourth-order valence-corrected chi connectivity index (χ4v) is 0.846. The van der Waals surface area contributed by atoms with Crippen LogP contribution in [0, 0.1) is 0 Å². The maximum absolute atomic E-state index is 10.3. The van der Waals surface area contributed by atoms with E-state index in [9.17, 15) is 4.79 Å². The van der Waals surface area contributed by atoms with Gasteiger partial charge in [0.1, 0.15) is 11.5 Å². The minimum absolute atomic E-state index is 0.370. The monoisotopic (exact) mass is 186 g/mol. The highest BCUT2D eigenvalue weighted by Crippen LogP contribution is 2.19. The Morgan fingerprint density at radius 2 is 2.08 bits per heavy atom. The lowest BCUT2D eigenvalue weighted by atomic mass is 10.3. The lowest BCUT2D eigenvalue weighted by Gasteiger charge is -2.01. The summed E-state index contributed by atoms with van der Waals surface area (Å²) in [6.45, 7) is 0. The van der Waals surface area contributed by atoms with E-state index in [0.717, 1.165) is 0 Å². The van der Waals surface area contributed by atoms with E-state index in [1.165, 1.54) is 7.11 Å². The summed E-state index contributed by atoms with van der Waals surface area (Å²) >= 11 is 5.01. The lowest BCUT2D eigenvalue weighted by Crippen LogP contribution is -1.95. The van der Waals surface area contributed by atoms with E-state index in [1.54, 1.807) is 24.3 Å². The van der Waals surface area contributed by atoms with Gasteiger partial charge in [-0.2, -0.15) is 0 Å². The second-order valence-electron chi connectivity index (χ2n) is 2.02. The van der Waals surface area contributed by atoms with Gasteiger partial charge in [0.25, 0.3) is 0 Å². The number of halogens is 1. The molecule has 0 aromatic heterocycles. The van der Waals surface area contributed by atoms with Gasteiger partial charge in [-0.1, -0.05) is 6.07 Å². The van der Waals surface area contributed by atoms with E-state index < -0.39 is 5.43 Å². The first-order valence-electron chi connectivity index (χ1n) is 3.24. The van der Waals surface area contributed by atoms with Crippen LogP contribution < -0.4 is 9.47 Å². The molecule has 64 valence electrons. The average molecular weight is 187 g/mol. The number of rotatable bonds is 2. The van der Waals surface area contributed by atoms with Crippen molar-refractivity contribution in [2.24, 2.45) is 0 Å². The molecule has 0 aliphatic carbocycles. The summed E-state index contributed by atoms with van der Waals surface area (Å²) in [7, 11) is 1.53. The number of hydrogen-bond donors (Lipinski definition) is 0. The van der Waals surface area contributed by atoms with Gasteiger partial charge in [-0.25, -0.2) is 4.79 Å². The molecular formula is C8H7ClO3. The fraction of sp³-hybridized carbons (Fsp3) is 0.125. The predicted octanol–water partition coefficient (Wildman–Crippen LogP) is 2.43. The summed E-state index contributed by atoms with van der Waals surface area (Å²) in [5.74, 6) is 0.986. The van der Waals surface area contributed by atoms with Crippen LogP contribution >= 0.6 is 11.6 Å². The normalized spacial score (nSPS) is 9.17. The van der Waals surface area contributed by atoms with E-state index in [4.69, 9.17) is 16.3 Å². The Hall–Kier alpha value is -1.22. The molecule has 0 spiro atoms. The van der Waals surface area contributed by atoms with Gasteiger partial charge in [-0.05, 0) is 12.1 Å². The molecular weight excluding hydrogens is 180 g/mol. The van der Waals surface area contributed by atoms with Crippen LogP contribution in [0.4, 0.5) is 4.79 Å². The Kier molecular flexibility index (Phi) is 2.94. The van der Waals surface area contributed by atoms with Gasteiger partial charge in [0.05, 0.1) is 7.11 Å². The molecule has 4 heteroatoms. The zero-order valence-corrected chi connectivity index (χ0v) is 7.17. The fourth-order valence-electron chi connectivity index (χ4n) is 0.757. The first-order valence-corrected chi connectivity index (χ1v) is 3.61. The summed E-state index contributed by atoms with van der Waals surface area (Å²) in [6, 6.07) is 6.63. The average Bonchev–Trinajstić information content (AvgIpc) is 2.03. The van der Waals surface area contributed by atoms with E-state index in [1.807, 2.05) is 0 Å². The molecule has 0 fully saturated rings. The van der Waals surface area contributed by atoms with Gasteiger partial charge in [0.15, 0.2) is 0 Å². The molecule has 1 rings (SSSR count). The summed E-state index contributed by atoms with van der Waals surface area (Å²) in [4.78, 5) is 10.3. The summed E-state index contributed by atoms with van der Waals surface area (Å²) in [5, 5.41) is 0. The van der Waals surface area contributed by atoms with Crippen LogP contribution in [0.2, 0.25) is 0 Å². The van der Waals surface area contributed by atoms with E-state index in [2.05, 4.69) is 4.74 Å². The van der Waals surface area contributed by atoms with Gasteiger partial charge in [0.2, 0.25) is 0 Å². The van der Waals surface area contributed by atoms with E-state index in [-0.39, 0.29) is 0 Å². The standard InChI is InChI=1S/C8H7ClO3/c1-11-6-3-2-4-7(5-6)12-8(9)10/h2-5H,1H3. The number of carbonyl (C=O) groups excluding carboxylic acids is 1. The molecule has 0 N–H and O–H groups in total. The molecule has 0 heterocycles. The van der Waals surface area contributed by atoms with Crippen LogP contribution in [0.15, 0.2) is 24.3 Å². The highest BCUT2D eigenvalue weighted by atomic mass is 35.5. The molecule has 1 aromatic carbocycles.